The molecule has 2 heterocycles. The number of rotatable bonds is 5. The molecule has 132 valence electrons. The van der Waals surface area contributed by atoms with Crippen molar-refractivity contribution < 1.29 is 5.11 Å². The molecule has 0 amide bonds. The third-order valence-corrected chi connectivity index (χ3v) is 5.51. The van der Waals surface area contributed by atoms with Gasteiger partial charge < -0.3 is 5.11 Å². The SMILES string of the molecule is O=c1cc(C2CCC2)ncn1CC(O)CN1CCc2ccccc2C1. The number of aliphatic hydroxyl groups is 1. The predicted molar refractivity (Wildman–Crippen MR) is 96.5 cm³/mol. The van der Waals surface area contributed by atoms with Gasteiger partial charge >= 0.3 is 0 Å². The second kappa shape index (κ2) is 7.10. The van der Waals surface area contributed by atoms with Gasteiger partial charge in [0.2, 0.25) is 0 Å². The second-order valence-corrected chi connectivity index (χ2v) is 7.34. The van der Waals surface area contributed by atoms with E-state index in [1.54, 1.807) is 12.4 Å². The Morgan fingerprint density at radius 3 is 2.72 bits per heavy atom. The van der Waals surface area contributed by atoms with E-state index in [1.165, 1.54) is 22.1 Å². The quantitative estimate of drug-likeness (QED) is 0.904. The molecule has 1 aromatic carbocycles. The Labute approximate surface area is 147 Å². The van der Waals surface area contributed by atoms with Crippen molar-refractivity contribution in [2.24, 2.45) is 0 Å². The minimum absolute atomic E-state index is 0.0556. The third-order valence-electron chi connectivity index (χ3n) is 5.51. The number of β-amino-alcohol motifs (C(OH)–C–C–N with tert-alkyl or cyclic N) is 1. The van der Waals surface area contributed by atoms with Gasteiger partial charge in [0, 0.05) is 31.6 Å². The molecule has 2 aliphatic rings. The molecule has 0 bridgehead atoms. The van der Waals surface area contributed by atoms with Crippen LogP contribution in [0.25, 0.3) is 0 Å². The maximum absolute atomic E-state index is 12.3. The van der Waals surface area contributed by atoms with Crippen LogP contribution < -0.4 is 5.56 Å². The van der Waals surface area contributed by atoms with Crippen molar-refractivity contribution in [3.05, 3.63) is 63.8 Å². The maximum atomic E-state index is 12.3. The summed E-state index contributed by atoms with van der Waals surface area (Å²) in [5.41, 5.74) is 3.60. The summed E-state index contributed by atoms with van der Waals surface area (Å²) >= 11 is 0. The largest absolute Gasteiger partial charge is 0.390 e. The van der Waals surface area contributed by atoms with E-state index in [1.807, 2.05) is 0 Å². The number of nitrogens with zero attached hydrogens (tertiary/aromatic N) is 3. The van der Waals surface area contributed by atoms with E-state index in [2.05, 4.69) is 34.1 Å². The highest BCUT2D eigenvalue weighted by Gasteiger charge is 2.22. The van der Waals surface area contributed by atoms with Gasteiger partial charge in [-0.3, -0.25) is 14.3 Å². The van der Waals surface area contributed by atoms with Crippen LogP contribution in [0, 0.1) is 0 Å². The van der Waals surface area contributed by atoms with Gasteiger partial charge in [0.1, 0.15) is 0 Å². The molecule has 2 aromatic rings. The summed E-state index contributed by atoms with van der Waals surface area (Å²) in [7, 11) is 0. The molecule has 5 heteroatoms. The van der Waals surface area contributed by atoms with Crippen LogP contribution in [0.4, 0.5) is 0 Å². The monoisotopic (exact) mass is 339 g/mol. The molecule has 1 unspecified atom stereocenters. The molecule has 1 aliphatic heterocycles. The summed E-state index contributed by atoms with van der Waals surface area (Å²) in [6, 6.07) is 10.1. The topological polar surface area (TPSA) is 58.4 Å². The molecule has 25 heavy (non-hydrogen) atoms. The van der Waals surface area contributed by atoms with Crippen LogP contribution >= 0.6 is 0 Å². The van der Waals surface area contributed by atoms with Crippen molar-refractivity contribution in [1.29, 1.82) is 0 Å². The average Bonchev–Trinajstić information content (AvgIpc) is 2.56. The van der Waals surface area contributed by atoms with Gasteiger partial charge in [-0.25, -0.2) is 4.98 Å². The molecule has 0 spiro atoms. The summed E-state index contributed by atoms with van der Waals surface area (Å²) < 4.78 is 1.53. The third kappa shape index (κ3) is 3.67. The molecule has 5 nitrogen and oxygen atoms in total. The van der Waals surface area contributed by atoms with E-state index >= 15 is 0 Å². The summed E-state index contributed by atoms with van der Waals surface area (Å²) in [6.45, 7) is 2.68. The van der Waals surface area contributed by atoms with Gasteiger partial charge in [0.25, 0.3) is 5.56 Å². The molecule has 0 saturated heterocycles. The zero-order valence-electron chi connectivity index (χ0n) is 14.5. The van der Waals surface area contributed by atoms with Crippen molar-refractivity contribution in [2.75, 3.05) is 13.1 Å². The number of aromatic nitrogens is 2. The Balaban J connectivity index is 1.36. The lowest BCUT2D eigenvalue weighted by Crippen LogP contribution is -2.39. The average molecular weight is 339 g/mol. The molecular formula is C20H25N3O2. The van der Waals surface area contributed by atoms with Gasteiger partial charge in [0.05, 0.1) is 24.7 Å². The van der Waals surface area contributed by atoms with E-state index in [0.29, 0.717) is 19.0 Å². The fourth-order valence-corrected chi connectivity index (χ4v) is 3.80. The summed E-state index contributed by atoms with van der Waals surface area (Å²) in [5, 5.41) is 10.4. The Kier molecular flexibility index (Phi) is 4.68. The van der Waals surface area contributed by atoms with Crippen LogP contribution in [0.2, 0.25) is 0 Å². The smallest absolute Gasteiger partial charge is 0.253 e. The first kappa shape index (κ1) is 16.5. The molecular weight excluding hydrogens is 314 g/mol. The van der Waals surface area contributed by atoms with Crippen LogP contribution in [0.5, 0.6) is 0 Å². The molecule has 1 fully saturated rings. The van der Waals surface area contributed by atoms with E-state index < -0.39 is 6.10 Å². The van der Waals surface area contributed by atoms with Gasteiger partial charge in [-0.05, 0) is 30.4 Å². The number of hydrogen-bond donors (Lipinski definition) is 1. The Morgan fingerprint density at radius 1 is 1.20 bits per heavy atom. The lowest BCUT2D eigenvalue weighted by Gasteiger charge is -2.30. The minimum atomic E-state index is -0.570. The summed E-state index contributed by atoms with van der Waals surface area (Å²) in [5.74, 6) is 0.459. The molecule has 1 aromatic heterocycles. The van der Waals surface area contributed by atoms with Crippen molar-refractivity contribution in [3.63, 3.8) is 0 Å². The first-order valence-electron chi connectivity index (χ1n) is 9.22. The number of fused-ring (bicyclic) bond motifs is 1. The zero-order chi connectivity index (χ0) is 17.2. The second-order valence-electron chi connectivity index (χ2n) is 7.34. The van der Waals surface area contributed by atoms with E-state index in [9.17, 15) is 9.90 Å². The lowest BCUT2D eigenvalue weighted by atomic mass is 9.83. The summed E-state index contributed by atoms with van der Waals surface area (Å²) in [4.78, 5) is 19.0. The predicted octanol–water partition coefficient (Wildman–Crippen LogP) is 1.93. The lowest BCUT2D eigenvalue weighted by molar-refractivity contribution is 0.0906. The molecule has 1 saturated carbocycles. The molecule has 1 N–H and O–H groups in total. The Morgan fingerprint density at radius 2 is 2.00 bits per heavy atom. The highest BCUT2D eigenvalue weighted by molar-refractivity contribution is 5.29. The molecule has 1 aliphatic carbocycles. The van der Waals surface area contributed by atoms with Gasteiger partial charge in [0.15, 0.2) is 0 Å². The Bertz CT molecular complexity index is 798. The van der Waals surface area contributed by atoms with Crippen molar-refractivity contribution >= 4 is 0 Å². The molecule has 1 atom stereocenters. The maximum Gasteiger partial charge on any atom is 0.253 e. The van der Waals surface area contributed by atoms with Gasteiger partial charge in [-0.1, -0.05) is 30.7 Å². The summed E-state index contributed by atoms with van der Waals surface area (Å²) in [6.07, 6.45) is 5.54. The fraction of sp³-hybridized carbons (Fsp3) is 0.500. The normalized spacial score (nSPS) is 19.2. The van der Waals surface area contributed by atoms with E-state index in [4.69, 9.17) is 0 Å². The zero-order valence-corrected chi connectivity index (χ0v) is 14.5. The van der Waals surface area contributed by atoms with Crippen molar-refractivity contribution in [2.45, 2.75) is 50.8 Å². The van der Waals surface area contributed by atoms with Crippen LogP contribution in [-0.4, -0.2) is 38.8 Å². The standard InChI is InChI=1S/C20H25N3O2/c24-18(12-22-9-8-15-4-1-2-5-17(15)11-22)13-23-14-21-19(10-20(23)25)16-6-3-7-16/h1-2,4-5,10,14,16,18,24H,3,6-9,11-13H2. The van der Waals surface area contributed by atoms with Crippen LogP contribution in [-0.2, 0) is 19.5 Å². The minimum Gasteiger partial charge on any atom is -0.390 e. The molecule has 4 rings (SSSR count). The number of aliphatic hydroxyl groups excluding tert-OH is 1. The van der Waals surface area contributed by atoms with Crippen LogP contribution in [0.1, 0.15) is 42.0 Å². The highest BCUT2D eigenvalue weighted by atomic mass is 16.3. The van der Waals surface area contributed by atoms with Gasteiger partial charge in [-0.2, -0.15) is 0 Å². The van der Waals surface area contributed by atoms with Gasteiger partial charge in [-0.15, -0.1) is 0 Å². The Hall–Kier alpha value is -1.98. The molecule has 0 radical (unpaired) electrons. The van der Waals surface area contributed by atoms with Crippen molar-refractivity contribution in [3.8, 4) is 0 Å². The van der Waals surface area contributed by atoms with Crippen molar-refractivity contribution in [1.82, 2.24) is 14.5 Å². The van der Waals surface area contributed by atoms with E-state index in [0.717, 1.165) is 38.0 Å². The first-order chi connectivity index (χ1) is 12.2. The number of benzene rings is 1. The van der Waals surface area contributed by atoms with Crippen LogP contribution in [0.15, 0.2) is 41.5 Å². The van der Waals surface area contributed by atoms with Crippen LogP contribution in [0.3, 0.4) is 0 Å². The fourth-order valence-electron chi connectivity index (χ4n) is 3.80. The number of hydrogen-bond acceptors (Lipinski definition) is 4. The van der Waals surface area contributed by atoms with E-state index in [-0.39, 0.29) is 5.56 Å². The first-order valence-corrected chi connectivity index (χ1v) is 9.22. The highest BCUT2D eigenvalue weighted by Crippen LogP contribution is 2.34.